The van der Waals surface area contributed by atoms with E-state index in [-0.39, 0.29) is 13.2 Å². The number of amides is 1. The third kappa shape index (κ3) is 3.21. The second-order valence-electron chi connectivity index (χ2n) is 4.43. The van der Waals surface area contributed by atoms with Gasteiger partial charge in [-0.2, -0.15) is 0 Å². The van der Waals surface area contributed by atoms with E-state index in [1.54, 1.807) is 0 Å². The van der Waals surface area contributed by atoms with E-state index in [0.717, 1.165) is 5.56 Å². The number of alkyl carbamates (subject to hydrolysis) is 1. The van der Waals surface area contributed by atoms with Crippen LogP contribution in [0.5, 0.6) is 0 Å². The first kappa shape index (κ1) is 12.9. The number of hydrogen-bond acceptors (Lipinski definition) is 4. The number of carbonyl (C=O) groups excluding carboxylic acids is 1. The highest BCUT2D eigenvalue weighted by Gasteiger charge is 2.36. The number of ether oxygens (including phenoxy) is 2. The molecule has 0 aliphatic carbocycles. The molecule has 1 aromatic carbocycles. The minimum absolute atomic E-state index is 0.145. The Balaban J connectivity index is 1.82. The summed E-state index contributed by atoms with van der Waals surface area (Å²) < 4.78 is 10.3. The Labute approximate surface area is 106 Å². The largest absolute Gasteiger partial charge is 0.445 e. The predicted molar refractivity (Wildman–Crippen MR) is 65.0 cm³/mol. The number of hydrogen-bond donors (Lipinski definition) is 2. The van der Waals surface area contributed by atoms with Gasteiger partial charge < -0.3 is 19.9 Å². The molecule has 0 saturated carbocycles. The molecular formula is C13H17NO4. The summed E-state index contributed by atoms with van der Waals surface area (Å²) in [5.74, 6) is 0. The maximum atomic E-state index is 11.6. The van der Waals surface area contributed by atoms with E-state index in [1.807, 2.05) is 30.3 Å². The normalized spacial score (nSPS) is 22.7. The summed E-state index contributed by atoms with van der Waals surface area (Å²) in [5.41, 5.74) is 0.238. The van der Waals surface area contributed by atoms with Gasteiger partial charge in [0.05, 0.1) is 18.8 Å². The van der Waals surface area contributed by atoms with E-state index in [1.165, 1.54) is 0 Å². The van der Waals surface area contributed by atoms with Gasteiger partial charge >= 0.3 is 6.09 Å². The van der Waals surface area contributed by atoms with E-state index in [4.69, 9.17) is 9.47 Å². The average molecular weight is 251 g/mol. The maximum Gasteiger partial charge on any atom is 0.408 e. The molecule has 1 saturated heterocycles. The van der Waals surface area contributed by atoms with E-state index >= 15 is 0 Å². The van der Waals surface area contributed by atoms with Crippen molar-refractivity contribution in [2.24, 2.45) is 0 Å². The predicted octanol–water partition coefficient (Wildman–Crippen LogP) is 1.06. The second-order valence-corrected chi connectivity index (χ2v) is 4.43. The smallest absolute Gasteiger partial charge is 0.408 e. The van der Waals surface area contributed by atoms with Crippen LogP contribution in [0.3, 0.4) is 0 Å². The Morgan fingerprint density at radius 1 is 1.44 bits per heavy atom. The van der Waals surface area contributed by atoms with Crippen molar-refractivity contribution in [1.29, 1.82) is 0 Å². The molecule has 1 amide bonds. The molecule has 0 spiro atoms. The molecule has 1 unspecified atom stereocenters. The summed E-state index contributed by atoms with van der Waals surface area (Å²) in [6.07, 6.45) is 0.0719. The van der Waals surface area contributed by atoms with Crippen molar-refractivity contribution in [1.82, 2.24) is 5.32 Å². The van der Waals surface area contributed by atoms with E-state index in [2.05, 4.69) is 5.32 Å². The lowest BCUT2D eigenvalue weighted by atomic mass is 10.0. The maximum absolute atomic E-state index is 11.6. The molecular weight excluding hydrogens is 234 g/mol. The van der Waals surface area contributed by atoms with Crippen LogP contribution >= 0.6 is 0 Å². The number of aliphatic hydroxyl groups excluding tert-OH is 1. The third-order valence-electron chi connectivity index (χ3n) is 2.99. The summed E-state index contributed by atoms with van der Waals surface area (Å²) in [6.45, 7) is 0.936. The summed E-state index contributed by atoms with van der Waals surface area (Å²) in [7, 11) is 0. The van der Waals surface area contributed by atoms with Gasteiger partial charge in [0.1, 0.15) is 6.61 Å². The SMILES string of the molecule is O=C(NC1(CO)CCOC1)OCc1ccccc1. The van der Waals surface area contributed by atoms with Crippen LogP contribution in [-0.2, 0) is 16.1 Å². The van der Waals surface area contributed by atoms with Crippen LogP contribution < -0.4 is 5.32 Å². The van der Waals surface area contributed by atoms with Crippen molar-refractivity contribution in [2.75, 3.05) is 19.8 Å². The lowest BCUT2D eigenvalue weighted by molar-refractivity contribution is 0.0938. The van der Waals surface area contributed by atoms with Crippen molar-refractivity contribution >= 4 is 6.09 Å². The number of aliphatic hydroxyl groups is 1. The van der Waals surface area contributed by atoms with E-state index in [9.17, 15) is 9.90 Å². The van der Waals surface area contributed by atoms with Crippen molar-refractivity contribution in [3.63, 3.8) is 0 Å². The molecule has 1 atom stereocenters. The minimum Gasteiger partial charge on any atom is -0.445 e. The Hall–Kier alpha value is -1.59. The van der Waals surface area contributed by atoms with Gasteiger partial charge in [-0.25, -0.2) is 4.79 Å². The van der Waals surface area contributed by atoms with Gasteiger partial charge in [0.15, 0.2) is 0 Å². The molecule has 1 fully saturated rings. The molecule has 5 nitrogen and oxygen atoms in total. The Kier molecular flexibility index (Phi) is 4.17. The lowest BCUT2D eigenvalue weighted by Crippen LogP contribution is -2.52. The summed E-state index contributed by atoms with van der Waals surface area (Å²) >= 11 is 0. The first-order valence-electron chi connectivity index (χ1n) is 5.92. The highest BCUT2D eigenvalue weighted by Crippen LogP contribution is 2.18. The van der Waals surface area contributed by atoms with E-state index in [0.29, 0.717) is 19.6 Å². The fraction of sp³-hybridized carbons (Fsp3) is 0.462. The fourth-order valence-corrected chi connectivity index (χ4v) is 1.85. The van der Waals surface area contributed by atoms with Gasteiger partial charge in [-0.3, -0.25) is 0 Å². The molecule has 98 valence electrons. The number of carbonyl (C=O) groups is 1. The molecule has 18 heavy (non-hydrogen) atoms. The summed E-state index contributed by atoms with van der Waals surface area (Å²) in [6, 6.07) is 9.44. The second kappa shape index (κ2) is 5.84. The highest BCUT2D eigenvalue weighted by atomic mass is 16.5. The fourth-order valence-electron chi connectivity index (χ4n) is 1.85. The standard InChI is InChI=1S/C13H17NO4/c15-9-13(6-7-17-10-13)14-12(16)18-8-11-4-2-1-3-5-11/h1-5,15H,6-10H2,(H,14,16). The van der Waals surface area contributed by atoms with Gasteiger partial charge in [-0.1, -0.05) is 30.3 Å². The molecule has 1 aromatic rings. The lowest BCUT2D eigenvalue weighted by Gasteiger charge is -2.25. The van der Waals surface area contributed by atoms with Gasteiger partial charge in [0, 0.05) is 6.61 Å². The Morgan fingerprint density at radius 2 is 2.22 bits per heavy atom. The Bertz CT molecular complexity index is 387. The van der Waals surface area contributed by atoms with Crippen LogP contribution in [-0.4, -0.2) is 36.6 Å². The molecule has 2 N–H and O–H groups in total. The minimum atomic E-state index is -0.687. The molecule has 1 heterocycles. The number of benzene rings is 1. The zero-order chi connectivity index (χ0) is 12.8. The van der Waals surface area contributed by atoms with Gasteiger partial charge in [-0.05, 0) is 12.0 Å². The van der Waals surface area contributed by atoms with Gasteiger partial charge in [0.25, 0.3) is 0 Å². The molecule has 0 bridgehead atoms. The molecule has 0 radical (unpaired) electrons. The van der Waals surface area contributed by atoms with Crippen LogP contribution in [0.2, 0.25) is 0 Å². The van der Waals surface area contributed by atoms with Crippen LogP contribution in [0.1, 0.15) is 12.0 Å². The topological polar surface area (TPSA) is 67.8 Å². The van der Waals surface area contributed by atoms with E-state index < -0.39 is 11.6 Å². The molecule has 5 heteroatoms. The summed E-state index contributed by atoms with van der Waals surface area (Å²) in [5, 5.41) is 12.0. The van der Waals surface area contributed by atoms with Crippen molar-refractivity contribution < 1.29 is 19.4 Å². The highest BCUT2D eigenvalue weighted by molar-refractivity contribution is 5.68. The third-order valence-corrected chi connectivity index (χ3v) is 2.99. The first-order valence-corrected chi connectivity index (χ1v) is 5.92. The zero-order valence-corrected chi connectivity index (χ0v) is 10.1. The van der Waals surface area contributed by atoms with Crippen molar-refractivity contribution in [3.05, 3.63) is 35.9 Å². The van der Waals surface area contributed by atoms with Crippen molar-refractivity contribution in [2.45, 2.75) is 18.6 Å². The first-order chi connectivity index (χ1) is 8.74. The van der Waals surface area contributed by atoms with Crippen LogP contribution in [0, 0.1) is 0 Å². The molecule has 1 aliphatic rings. The van der Waals surface area contributed by atoms with Crippen LogP contribution in [0.4, 0.5) is 4.79 Å². The average Bonchev–Trinajstić information content (AvgIpc) is 2.87. The number of rotatable bonds is 4. The Morgan fingerprint density at radius 3 is 2.83 bits per heavy atom. The zero-order valence-electron chi connectivity index (χ0n) is 10.1. The molecule has 2 rings (SSSR count). The van der Waals surface area contributed by atoms with Crippen LogP contribution in [0.25, 0.3) is 0 Å². The van der Waals surface area contributed by atoms with Gasteiger partial charge in [-0.15, -0.1) is 0 Å². The monoisotopic (exact) mass is 251 g/mol. The molecule has 1 aliphatic heterocycles. The molecule has 0 aromatic heterocycles. The van der Waals surface area contributed by atoms with Crippen LogP contribution in [0.15, 0.2) is 30.3 Å². The number of nitrogens with one attached hydrogen (secondary N) is 1. The quantitative estimate of drug-likeness (QED) is 0.839. The summed E-state index contributed by atoms with van der Waals surface area (Å²) in [4.78, 5) is 11.6. The van der Waals surface area contributed by atoms with Crippen molar-refractivity contribution in [3.8, 4) is 0 Å². The van der Waals surface area contributed by atoms with Gasteiger partial charge in [0.2, 0.25) is 0 Å².